The normalized spacial score (nSPS) is 14.0. The van der Waals surface area contributed by atoms with Gasteiger partial charge in [-0.15, -0.1) is 5.10 Å². The van der Waals surface area contributed by atoms with E-state index in [0.29, 0.717) is 36.0 Å². The Balaban J connectivity index is 1.58. The number of carbonyl (C=O) groups excluding carboxylic acids is 1. The van der Waals surface area contributed by atoms with Gasteiger partial charge in [-0.05, 0) is 6.07 Å². The summed E-state index contributed by atoms with van der Waals surface area (Å²) in [6.45, 7) is 0.942. The molecule has 0 bridgehead atoms. The van der Waals surface area contributed by atoms with Crippen LogP contribution >= 0.6 is 0 Å². The quantitative estimate of drug-likeness (QED) is 0.820. The second-order valence-corrected chi connectivity index (χ2v) is 5.17. The average Bonchev–Trinajstić information content (AvgIpc) is 2.91. The number of aryl methyl sites for hydroxylation is 1. The van der Waals surface area contributed by atoms with Crippen LogP contribution in [0.1, 0.15) is 15.9 Å². The number of pyridine rings is 1. The standard InChI is InChI=1S/C15H15N5O3/c1-19-9-12(14(18-19)22-2)15(21)20-7-11(8-20)23-13-4-3-10(5-16)6-17-13/h3-4,6,9,11H,7-8H2,1-2H3. The van der Waals surface area contributed by atoms with E-state index in [9.17, 15) is 4.79 Å². The van der Waals surface area contributed by atoms with Crippen LogP contribution in [0, 0.1) is 11.3 Å². The number of hydrogen-bond donors (Lipinski definition) is 0. The highest BCUT2D eigenvalue weighted by Gasteiger charge is 2.35. The third-order valence-electron chi connectivity index (χ3n) is 3.51. The molecule has 0 aromatic carbocycles. The predicted octanol–water partition coefficient (Wildman–Crippen LogP) is 0.599. The summed E-state index contributed by atoms with van der Waals surface area (Å²) in [6, 6.07) is 5.29. The van der Waals surface area contributed by atoms with E-state index in [1.54, 1.807) is 35.0 Å². The van der Waals surface area contributed by atoms with Crippen LogP contribution < -0.4 is 9.47 Å². The van der Waals surface area contributed by atoms with Crippen LogP contribution in [0.2, 0.25) is 0 Å². The van der Waals surface area contributed by atoms with Gasteiger partial charge < -0.3 is 14.4 Å². The van der Waals surface area contributed by atoms with Crippen LogP contribution in [0.25, 0.3) is 0 Å². The molecule has 2 aromatic heterocycles. The van der Waals surface area contributed by atoms with Crippen molar-refractivity contribution in [1.29, 1.82) is 5.26 Å². The lowest BCUT2D eigenvalue weighted by Gasteiger charge is -2.38. The van der Waals surface area contributed by atoms with Gasteiger partial charge >= 0.3 is 0 Å². The first-order valence-corrected chi connectivity index (χ1v) is 7.00. The summed E-state index contributed by atoms with van der Waals surface area (Å²) in [5, 5.41) is 12.8. The lowest BCUT2D eigenvalue weighted by atomic mass is 10.1. The average molecular weight is 313 g/mol. The highest BCUT2D eigenvalue weighted by Crippen LogP contribution is 2.22. The molecule has 0 aliphatic carbocycles. The molecule has 0 atom stereocenters. The van der Waals surface area contributed by atoms with Crippen LogP contribution in [-0.2, 0) is 7.05 Å². The minimum atomic E-state index is -0.136. The fraction of sp³-hybridized carbons (Fsp3) is 0.333. The largest absolute Gasteiger partial charge is 0.479 e. The Morgan fingerprint density at radius 1 is 1.43 bits per heavy atom. The van der Waals surface area contributed by atoms with E-state index in [1.807, 2.05) is 6.07 Å². The van der Waals surface area contributed by atoms with E-state index < -0.39 is 0 Å². The summed E-state index contributed by atoms with van der Waals surface area (Å²) in [7, 11) is 3.22. The summed E-state index contributed by atoms with van der Waals surface area (Å²) >= 11 is 0. The SMILES string of the molecule is COc1nn(C)cc1C(=O)N1CC(Oc2ccc(C#N)cn2)C1. The van der Waals surface area contributed by atoms with Crippen molar-refractivity contribution in [2.75, 3.05) is 20.2 Å². The smallest absolute Gasteiger partial charge is 0.261 e. The number of hydrogen-bond acceptors (Lipinski definition) is 6. The number of rotatable bonds is 4. The first-order chi connectivity index (χ1) is 11.1. The Hall–Kier alpha value is -3.08. The van der Waals surface area contributed by atoms with Gasteiger partial charge in [-0.3, -0.25) is 9.48 Å². The molecular weight excluding hydrogens is 298 g/mol. The van der Waals surface area contributed by atoms with E-state index in [-0.39, 0.29) is 12.0 Å². The molecule has 0 unspecified atom stereocenters. The molecule has 0 spiro atoms. The van der Waals surface area contributed by atoms with E-state index >= 15 is 0 Å². The van der Waals surface area contributed by atoms with E-state index in [4.69, 9.17) is 14.7 Å². The topological polar surface area (TPSA) is 93.3 Å². The molecule has 3 heterocycles. The molecule has 2 aromatic rings. The Morgan fingerprint density at radius 2 is 2.22 bits per heavy atom. The molecule has 1 aliphatic heterocycles. The predicted molar refractivity (Wildman–Crippen MR) is 79.0 cm³/mol. The highest BCUT2D eigenvalue weighted by molar-refractivity contribution is 5.96. The maximum absolute atomic E-state index is 12.4. The van der Waals surface area contributed by atoms with Gasteiger partial charge in [0.2, 0.25) is 11.8 Å². The van der Waals surface area contributed by atoms with Gasteiger partial charge in [0, 0.05) is 25.5 Å². The summed E-state index contributed by atoms with van der Waals surface area (Å²) < 4.78 is 12.3. The molecule has 1 amide bonds. The number of likely N-dealkylation sites (tertiary alicyclic amines) is 1. The molecule has 8 nitrogen and oxygen atoms in total. The van der Waals surface area contributed by atoms with Crippen LogP contribution in [0.3, 0.4) is 0 Å². The van der Waals surface area contributed by atoms with Gasteiger partial charge in [0.15, 0.2) is 0 Å². The summed E-state index contributed by atoms with van der Waals surface area (Å²) in [5.41, 5.74) is 0.913. The molecule has 23 heavy (non-hydrogen) atoms. The number of nitriles is 1. The van der Waals surface area contributed by atoms with Crippen molar-refractivity contribution in [1.82, 2.24) is 19.7 Å². The van der Waals surface area contributed by atoms with Crippen molar-refractivity contribution in [2.24, 2.45) is 7.05 Å². The number of ether oxygens (including phenoxy) is 2. The fourth-order valence-corrected chi connectivity index (χ4v) is 2.30. The van der Waals surface area contributed by atoms with Crippen LogP contribution in [0.4, 0.5) is 0 Å². The van der Waals surface area contributed by atoms with Crippen LogP contribution in [-0.4, -0.2) is 51.9 Å². The summed E-state index contributed by atoms with van der Waals surface area (Å²) in [5.74, 6) is 0.623. The second-order valence-electron chi connectivity index (χ2n) is 5.17. The third-order valence-corrected chi connectivity index (χ3v) is 3.51. The van der Waals surface area contributed by atoms with Crippen molar-refractivity contribution in [2.45, 2.75) is 6.10 Å². The maximum Gasteiger partial charge on any atom is 0.261 e. The summed E-state index contributed by atoms with van der Waals surface area (Å²) in [4.78, 5) is 18.1. The number of methoxy groups -OCH3 is 1. The monoisotopic (exact) mass is 313 g/mol. The first-order valence-electron chi connectivity index (χ1n) is 7.00. The number of amides is 1. The van der Waals surface area contributed by atoms with Gasteiger partial charge in [0.05, 0.1) is 25.8 Å². The van der Waals surface area contributed by atoms with E-state index in [2.05, 4.69) is 10.1 Å². The summed E-state index contributed by atoms with van der Waals surface area (Å²) in [6.07, 6.45) is 2.98. The van der Waals surface area contributed by atoms with Gasteiger partial charge in [0.1, 0.15) is 17.7 Å². The molecule has 1 saturated heterocycles. The zero-order valence-corrected chi connectivity index (χ0v) is 12.8. The van der Waals surface area contributed by atoms with Gasteiger partial charge in [-0.25, -0.2) is 4.98 Å². The lowest BCUT2D eigenvalue weighted by molar-refractivity contribution is 0.0158. The maximum atomic E-state index is 12.4. The minimum absolute atomic E-state index is 0.109. The van der Waals surface area contributed by atoms with Gasteiger partial charge in [0.25, 0.3) is 5.91 Å². The molecule has 118 valence electrons. The zero-order chi connectivity index (χ0) is 16.4. The highest BCUT2D eigenvalue weighted by atomic mass is 16.5. The molecule has 1 aliphatic rings. The molecule has 8 heteroatoms. The second kappa shape index (κ2) is 5.96. The Labute approximate surface area is 132 Å². The molecule has 1 fully saturated rings. The van der Waals surface area contributed by atoms with E-state index in [0.717, 1.165) is 0 Å². The Kier molecular flexibility index (Phi) is 3.85. The number of nitrogens with zero attached hydrogens (tertiary/aromatic N) is 5. The Morgan fingerprint density at radius 3 is 2.83 bits per heavy atom. The number of carbonyl (C=O) groups is 1. The molecule has 0 saturated carbocycles. The van der Waals surface area contributed by atoms with Crippen LogP contribution in [0.15, 0.2) is 24.5 Å². The third kappa shape index (κ3) is 2.94. The molecule has 0 radical (unpaired) electrons. The molecular formula is C15H15N5O3. The van der Waals surface area contributed by atoms with Crippen molar-refractivity contribution in [3.05, 3.63) is 35.7 Å². The van der Waals surface area contributed by atoms with Gasteiger partial charge in [-0.1, -0.05) is 0 Å². The lowest BCUT2D eigenvalue weighted by Crippen LogP contribution is -2.56. The molecule has 3 rings (SSSR count). The van der Waals surface area contributed by atoms with Crippen LogP contribution in [0.5, 0.6) is 11.8 Å². The number of aromatic nitrogens is 3. The van der Waals surface area contributed by atoms with Crippen molar-refractivity contribution < 1.29 is 14.3 Å². The van der Waals surface area contributed by atoms with Crippen molar-refractivity contribution >= 4 is 5.91 Å². The molecule has 0 N–H and O–H groups in total. The minimum Gasteiger partial charge on any atom is -0.479 e. The van der Waals surface area contributed by atoms with Crippen molar-refractivity contribution in [3.8, 4) is 17.8 Å². The Bertz CT molecular complexity index is 756. The van der Waals surface area contributed by atoms with Crippen molar-refractivity contribution in [3.63, 3.8) is 0 Å². The van der Waals surface area contributed by atoms with Gasteiger partial charge in [-0.2, -0.15) is 5.26 Å². The first kappa shape index (κ1) is 14.8. The zero-order valence-electron chi connectivity index (χ0n) is 12.8. The fourth-order valence-electron chi connectivity index (χ4n) is 2.30. The van der Waals surface area contributed by atoms with E-state index in [1.165, 1.54) is 13.3 Å².